The Kier molecular flexibility index (Phi) is 8.37. The zero-order valence-corrected chi connectivity index (χ0v) is 22.9. The number of hydrogen-bond acceptors (Lipinski definition) is 5. The summed E-state index contributed by atoms with van der Waals surface area (Å²) in [7, 11) is 1.74. The molecule has 2 aliphatic heterocycles. The molecule has 5 rings (SSSR count). The number of amides is 2. The number of halogens is 3. The third-order valence-corrected chi connectivity index (χ3v) is 7.84. The maximum Gasteiger partial charge on any atom is 0.265 e. The number of rotatable bonds is 7. The molecule has 0 spiro atoms. The largest absolute Gasteiger partial charge is 0.482 e. The SMILES string of the molecule is CN(C(=O)CN1C(=O)COc2cc(Cl)c(Cl)cc21)C(CN1CCOCC1)c1ccc(-c2ccccc2F)cc1. The highest BCUT2D eigenvalue weighted by molar-refractivity contribution is 6.42. The molecule has 10 heteroatoms. The fourth-order valence-electron chi connectivity index (χ4n) is 4.85. The third kappa shape index (κ3) is 6.04. The Balaban J connectivity index is 1.40. The Morgan fingerprint density at radius 1 is 1.05 bits per heavy atom. The summed E-state index contributed by atoms with van der Waals surface area (Å²) in [6.07, 6.45) is 0. The summed E-state index contributed by atoms with van der Waals surface area (Å²) < 4.78 is 25.4. The first-order chi connectivity index (χ1) is 18.8. The van der Waals surface area contributed by atoms with E-state index in [-0.39, 0.29) is 41.8 Å². The lowest BCUT2D eigenvalue weighted by molar-refractivity contribution is -0.133. The average Bonchev–Trinajstić information content (AvgIpc) is 2.95. The molecular formula is C29H28Cl2FN3O4. The minimum absolute atomic E-state index is 0.184. The number of anilines is 1. The van der Waals surface area contributed by atoms with Crippen molar-refractivity contribution in [2.45, 2.75) is 6.04 Å². The van der Waals surface area contributed by atoms with Gasteiger partial charge in [-0.1, -0.05) is 65.7 Å². The first-order valence-corrected chi connectivity index (χ1v) is 13.4. The predicted octanol–water partition coefficient (Wildman–Crippen LogP) is 5.06. The van der Waals surface area contributed by atoms with Crippen molar-refractivity contribution >= 4 is 40.7 Å². The molecule has 1 saturated heterocycles. The van der Waals surface area contributed by atoms with Crippen molar-refractivity contribution in [2.24, 2.45) is 0 Å². The molecule has 0 radical (unpaired) electrons. The van der Waals surface area contributed by atoms with E-state index in [0.29, 0.717) is 41.8 Å². The number of ether oxygens (including phenoxy) is 2. The topological polar surface area (TPSA) is 62.3 Å². The predicted molar refractivity (Wildman–Crippen MR) is 149 cm³/mol. The van der Waals surface area contributed by atoms with Crippen LogP contribution in [-0.2, 0) is 14.3 Å². The minimum atomic E-state index is -0.346. The summed E-state index contributed by atoms with van der Waals surface area (Å²) in [5.41, 5.74) is 2.57. The van der Waals surface area contributed by atoms with Gasteiger partial charge in [-0.3, -0.25) is 19.4 Å². The number of likely N-dealkylation sites (N-methyl/N-ethyl adjacent to an activating group) is 1. The lowest BCUT2D eigenvalue weighted by Crippen LogP contribution is -2.48. The molecule has 0 saturated carbocycles. The van der Waals surface area contributed by atoms with Crippen molar-refractivity contribution in [1.82, 2.24) is 9.80 Å². The highest BCUT2D eigenvalue weighted by Crippen LogP contribution is 2.39. The molecule has 204 valence electrons. The van der Waals surface area contributed by atoms with Gasteiger partial charge in [-0.2, -0.15) is 0 Å². The summed E-state index contributed by atoms with van der Waals surface area (Å²) in [4.78, 5) is 31.7. The molecule has 1 fully saturated rings. The maximum absolute atomic E-state index is 14.4. The summed E-state index contributed by atoms with van der Waals surface area (Å²) in [6, 6.07) is 17.0. The van der Waals surface area contributed by atoms with Crippen molar-refractivity contribution in [1.29, 1.82) is 0 Å². The van der Waals surface area contributed by atoms with E-state index in [9.17, 15) is 14.0 Å². The van der Waals surface area contributed by atoms with Gasteiger partial charge < -0.3 is 14.4 Å². The van der Waals surface area contributed by atoms with Crippen LogP contribution < -0.4 is 9.64 Å². The van der Waals surface area contributed by atoms with E-state index < -0.39 is 0 Å². The summed E-state index contributed by atoms with van der Waals surface area (Å²) in [5, 5.41) is 0.567. The van der Waals surface area contributed by atoms with Gasteiger partial charge in [-0.25, -0.2) is 4.39 Å². The molecule has 7 nitrogen and oxygen atoms in total. The number of nitrogens with zero attached hydrogens (tertiary/aromatic N) is 3. The van der Waals surface area contributed by atoms with Gasteiger partial charge in [0.1, 0.15) is 18.1 Å². The fraction of sp³-hybridized carbons (Fsp3) is 0.310. The van der Waals surface area contributed by atoms with Gasteiger partial charge in [0.25, 0.3) is 5.91 Å². The standard InChI is InChI=1S/C29H28Cl2FN3O4/c1-33(28(36)17-35-25-14-22(30)23(31)15-27(25)39-18-29(35)37)26(16-34-10-12-38-13-11-34)20-8-6-19(7-9-20)21-4-2-3-5-24(21)32/h2-9,14-15,26H,10-13,16-18H2,1H3. The molecule has 0 aromatic heterocycles. The molecule has 39 heavy (non-hydrogen) atoms. The first-order valence-electron chi connectivity index (χ1n) is 12.6. The highest BCUT2D eigenvalue weighted by Gasteiger charge is 2.32. The molecule has 3 aromatic carbocycles. The van der Waals surface area contributed by atoms with Crippen LogP contribution in [0.15, 0.2) is 60.7 Å². The quantitative estimate of drug-likeness (QED) is 0.397. The summed E-state index contributed by atoms with van der Waals surface area (Å²) in [5.74, 6) is -0.493. The maximum atomic E-state index is 14.4. The van der Waals surface area contributed by atoms with Gasteiger partial charge in [-0.15, -0.1) is 0 Å². The molecular weight excluding hydrogens is 544 g/mol. The van der Waals surface area contributed by atoms with Crippen molar-refractivity contribution in [2.75, 3.05) is 57.9 Å². The van der Waals surface area contributed by atoms with E-state index in [4.69, 9.17) is 32.7 Å². The van der Waals surface area contributed by atoms with Crippen LogP contribution in [-0.4, -0.2) is 74.7 Å². The Morgan fingerprint density at radius 3 is 2.46 bits per heavy atom. The second kappa shape index (κ2) is 11.9. The van der Waals surface area contributed by atoms with Crippen LogP contribution in [0.25, 0.3) is 11.1 Å². The van der Waals surface area contributed by atoms with E-state index in [0.717, 1.165) is 24.2 Å². The number of carbonyl (C=O) groups excluding carboxylic acids is 2. The summed E-state index contributed by atoms with van der Waals surface area (Å²) >= 11 is 12.3. The van der Waals surface area contributed by atoms with Crippen LogP contribution in [0.1, 0.15) is 11.6 Å². The van der Waals surface area contributed by atoms with Crippen LogP contribution in [0, 0.1) is 5.82 Å². The number of benzene rings is 3. The van der Waals surface area contributed by atoms with Crippen molar-refractivity contribution in [3.8, 4) is 16.9 Å². The van der Waals surface area contributed by atoms with Gasteiger partial charge in [0.15, 0.2) is 6.61 Å². The van der Waals surface area contributed by atoms with Crippen LogP contribution in [0.4, 0.5) is 10.1 Å². The van der Waals surface area contributed by atoms with Gasteiger partial charge in [0.05, 0.1) is 35.0 Å². The van der Waals surface area contributed by atoms with Crippen LogP contribution in [0.3, 0.4) is 0 Å². The Morgan fingerprint density at radius 2 is 1.74 bits per heavy atom. The molecule has 3 aromatic rings. The normalized spacial score (nSPS) is 16.4. The molecule has 1 unspecified atom stereocenters. The van der Waals surface area contributed by atoms with Crippen LogP contribution >= 0.6 is 23.2 Å². The summed E-state index contributed by atoms with van der Waals surface area (Å²) in [6.45, 7) is 2.95. The molecule has 2 amide bonds. The monoisotopic (exact) mass is 571 g/mol. The van der Waals surface area contributed by atoms with Crippen LogP contribution in [0.5, 0.6) is 5.75 Å². The second-order valence-electron chi connectivity index (χ2n) is 9.54. The Hall–Kier alpha value is -3.17. The van der Waals surface area contributed by atoms with E-state index in [1.807, 2.05) is 24.3 Å². The van der Waals surface area contributed by atoms with Gasteiger partial charge >= 0.3 is 0 Å². The fourth-order valence-corrected chi connectivity index (χ4v) is 5.16. The first kappa shape index (κ1) is 27.4. The Bertz CT molecular complexity index is 1370. The lowest BCUT2D eigenvalue weighted by atomic mass is 9.99. The molecule has 2 heterocycles. The average molecular weight is 572 g/mol. The highest BCUT2D eigenvalue weighted by atomic mass is 35.5. The second-order valence-corrected chi connectivity index (χ2v) is 10.4. The van der Waals surface area contributed by atoms with Gasteiger partial charge in [0.2, 0.25) is 5.91 Å². The smallest absolute Gasteiger partial charge is 0.265 e. The van der Waals surface area contributed by atoms with Gasteiger partial charge in [0, 0.05) is 38.3 Å². The minimum Gasteiger partial charge on any atom is -0.482 e. The molecule has 0 N–H and O–H groups in total. The van der Waals surface area contributed by atoms with Crippen molar-refractivity contribution in [3.05, 3.63) is 82.1 Å². The molecule has 2 aliphatic rings. The number of hydrogen-bond donors (Lipinski definition) is 0. The zero-order chi connectivity index (χ0) is 27.5. The van der Waals surface area contributed by atoms with Crippen molar-refractivity contribution in [3.63, 3.8) is 0 Å². The number of morpholine rings is 1. The molecule has 1 atom stereocenters. The van der Waals surface area contributed by atoms with E-state index in [2.05, 4.69) is 4.90 Å². The van der Waals surface area contributed by atoms with E-state index >= 15 is 0 Å². The van der Waals surface area contributed by atoms with Gasteiger partial charge in [-0.05, 0) is 23.3 Å². The molecule has 0 bridgehead atoms. The third-order valence-electron chi connectivity index (χ3n) is 7.11. The lowest BCUT2D eigenvalue weighted by Gasteiger charge is -2.37. The van der Waals surface area contributed by atoms with Crippen molar-refractivity contribution < 1.29 is 23.5 Å². The van der Waals surface area contributed by atoms with Crippen LogP contribution in [0.2, 0.25) is 10.0 Å². The van der Waals surface area contributed by atoms with E-state index in [1.165, 1.54) is 17.0 Å². The number of fused-ring (bicyclic) bond motifs is 1. The number of carbonyl (C=O) groups is 2. The molecule has 0 aliphatic carbocycles. The van der Waals surface area contributed by atoms with E-state index in [1.54, 1.807) is 36.2 Å². The zero-order valence-electron chi connectivity index (χ0n) is 21.4. The Labute approximate surface area is 236 Å².